The van der Waals surface area contributed by atoms with E-state index in [0.29, 0.717) is 6.54 Å². The van der Waals surface area contributed by atoms with Gasteiger partial charge in [-0.1, -0.05) is 67.6 Å². The highest BCUT2D eigenvalue weighted by Crippen LogP contribution is 2.22. The molecule has 3 atom stereocenters. The molecule has 1 fully saturated rings. The molecule has 3 rings (SSSR count). The summed E-state index contributed by atoms with van der Waals surface area (Å²) in [6.07, 6.45) is 0. The van der Waals surface area contributed by atoms with Crippen molar-refractivity contribution in [1.82, 2.24) is 10.2 Å². The van der Waals surface area contributed by atoms with Gasteiger partial charge in [0, 0.05) is 25.7 Å². The summed E-state index contributed by atoms with van der Waals surface area (Å²) >= 11 is 0. The fourth-order valence-corrected chi connectivity index (χ4v) is 3.51. The predicted molar refractivity (Wildman–Crippen MR) is 107 cm³/mol. The molecule has 1 saturated heterocycles. The molecule has 1 amide bonds. The van der Waals surface area contributed by atoms with E-state index in [-0.39, 0.29) is 23.9 Å². The van der Waals surface area contributed by atoms with Crippen molar-refractivity contribution in [3.05, 3.63) is 71.8 Å². The number of nitrogens with one attached hydrogen (secondary N) is 1. The average Bonchev–Trinajstić information content (AvgIpc) is 2.75. The highest BCUT2D eigenvalue weighted by atomic mass is 16.5. The van der Waals surface area contributed by atoms with Crippen LogP contribution in [0.15, 0.2) is 60.7 Å². The monoisotopic (exact) mass is 367 g/mol. The lowest BCUT2D eigenvalue weighted by Crippen LogP contribution is -2.45. The Balaban J connectivity index is 1.64. The Labute approximate surface area is 161 Å². The number of carbonyl (C=O) groups excluding carboxylic acids is 1. The second-order valence-electron chi connectivity index (χ2n) is 7.05. The quantitative estimate of drug-likeness (QED) is 0.789. The molecule has 5 nitrogen and oxygen atoms in total. The van der Waals surface area contributed by atoms with Crippen molar-refractivity contribution in [3.63, 3.8) is 0 Å². The summed E-state index contributed by atoms with van der Waals surface area (Å²) in [5.41, 5.74) is 8.50. The van der Waals surface area contributed by atoms with E-state index in [0.717, 1.165) is 31.9 Å². The molecule has 0 saturated carbocycles. The highest BCUT2D eigenvalue weighted by molar-refractivity contribution is 5.79. The van der Waals surface area contributed by atoms with Crippen molar-refractivity contribution in [2.24, 2.45) is 11.7 Å². The highest BCUT2D eigenvalue weighted by Gasteiger charge is 2.26. The third-order valence-electron chi connectivity index (χ3n) is 5.28. The maximum Gasteiger partial charge on any atom is 0.224 e. The van der Waals surface area contributed by atoms with Crippen molar-refractivity contribution in [2.45, 2.75) is 19.0 Å². The predicted octanol–water partition coefficient (Wildman–Crippen LogP) is 2.51. The summed E-state index contributed by atoms with van der Waals surface area (Å²) in [6, 6.07) is 19.9. The molecular weight excluding hydrogens is 338 g/mol. The van der Waals surface area contributed by atoms with E-state index in [1.807, 2.05) is 55.5 Å². The number of rotatable bonds is 7. The van der Waals surface area contributed by atoms with Crippen molar-refractivity contribution in [3.8, 4) is 0 Å². The van der Waals surface area contributed by atoms with Crippen LogP contribution in [0, 0.1) is 5.92 Å². The fourth-order valence-electron chi connectivity index (χ4n) is 3.51. The van der Waals surface area contributed by atoms with E-state index in [2.05, 4.69) is 22.3 Å². The molecule has 144 valence electrons. The smallest absolute Gasteiger partial charge is 0.224 e. The Morgan fingerprint density at radius 3 is 2.19 bits per heavy atom. The molecule has 3 unspecified atom stereocenters. The SMILES string of the molecule is CC(C(=O)NCC(c1ccccc1)N1CCOCC1)C(N)c1ccccc1. The molecule has 0 spiro atoms. The van der Waals surface area contributed by atoms with Crippen molar-refractivity contribution >= 4 is 5.91 Å². The zero-order valence-corrected chi connectivity index (χ0v) is 15.9. The standard InChI is InChI=1S/C22H29N3O2/c1-17(21(23)19-10-6-3-7-11-19)22(26)24-16-20(18-8-4-2-5-9-18)25-12-14-27-15-13-25/h2-11,17,20-21H,12-16,23H2,1H3,(H,24,26). The largest absolute Gasteiger partial charge is 0.379 e. The molecule has 2 aromatic carbocycles. The molecule has 1 aliphatic rings. The summed E-state index contributed by atoms with van der Waals surface area (Å²) < 4.78 is 5.48. The molecule has 27 heavy (non-hydrogen) atoms. The molecule has 1 aliphatic heterocycles. The Morgan fingerprint density at radius 2 is 1.59 bits per heavy atom. The minimum atomic E-state index is -0.315. The summed E-state index contributed by atoms with van der Waals surface area (Å²) in [4.78, 5) is 15.1. The Morgan fingerprint density at radius 1 is 1.04 bits per heavy atom. The van der Waals surface area contributed by atoms with Crippen molar-refractivity contribution in [1.29, 1.82) is 0 Å². The first-order valence-corrected chi connectivity index (χ1v) is 9.62. The van der Waals surface area contributed by atoms with E-state index in [1.165, 1.54) is 5.56 Å². The molecule has 2 aromatic rings. The lowest BCUT2D eigenvalue weighted by Gasteiger charge is -2.35. The molecule has 0 bridgehead atoms. The van der Waals surface area contributed by atoms with Crippen LogP contribution in [0.2, 0.25) is 0 Å². The minimum Gasteiger partial charge on any atom is -0.379 e. The summed E-state index contributed by atoms with van der Waals surface area (Å²) in [6.45, 7) is 5.65. The van der Waals surface area contributed by atoms with Crippen LogP contribution in [0.4, 0.5) is 0 Å². The van der Waals surface area contributed by atoms with Crippen LogP contribution in [0.25, 0.3) is 0 Å². The first-order chi connectivity index (χ1) is 13.2. The van der Waals surface area contributed by atoms with Crippen molar-refractivity contribution < 1.29 is 9.53 Å². The van der Waals surface area contributed by atoms with Gasteiger partial charge in [-0.3, -0.25) is 9.69 Å². The van der Waals surface area contributed by atoms with Gasteiger partial charge < -0.3 is 15.8 Å². The lowest BCUT2D eigenvalue weighted by atomic mass is 9.94. The third-order valence-corrected chi connectivity index (χ3v) is 5.28. The van der Waals surface area contributed by atoms with Gasteiger partial charge in [0.15, 0.2) is 0 Å². The zero-order chi connectivity index (χ0) is 19.1. The Bertz CT molecular complexity index is 702. The lowest BCUT2D eigenvalue weighted by molar-refractivity contribution is -0.125. The normalized spacial score (nSPS) is 18.4. The van der Waals surface area contributed by atoms with Crippen LogP contribution in [-0.2, 0) is 9.53 Å². The van der Waals surface area contributed by atoms with E-state index in [4.69, 9.17) is 10.5 Å². The van der Waals surface area contributed by atoms with Gasteiger partial charge in [0.1, 0.15) is 0 Å². The number of morpholine rings is 1. The number of hydrogen-bond acceptors (Lipinski definition) is 4. The summed E-state index contributed by atoms with van der Waals surface area (Å²) in [5, 5.41) is 3.13. The zero-order valence-electron chi connectivity index (χ0n) is 15.9. The van der Waals surface area contributed by atoms with Gasteiger partial charge in [-0.15, -0.1) is 0 Å². The van der Waals surface area contributed by atoms with Crippen LogP contribution < -0.4 is 11.1 Å². The molecule has 0 aromatic heterocycles. The summed E-state index contributed by atoms with van der Waals surface area (Å²) in [5.74, 6) is -0.311. The number of nitrogens with two attached hydrogens (primary N) is 1. The van der Waals surface area contributed by atoms with Crippen LogP contribution >= 0.6 is 0 Å². The number of amides is 1. The maximum absolute atomic E-state index is 12.7. The second-order valence-corrected chi connectivity index (χ2v) is 7.05. The molecule has 1 heterocycles. The fraction of sp³-hybridized carbons (Fsp3) is 0.409. The molecule has 5 heteroatoms. The maximum atomic E-state index is 12.7. The Hall–Kier alpha value is -2.21. The van der Waals surface area contributed by atoms with Gasteiger partial charge in [-0.05, 0) is 11.1 Å². The van der Waals surface area contributed by atoms with E-state index < -0.39 is 0 Å². The second kappa shape index (κ2) is 9.65. The van der Waals surface area contributed by atoms with E-state index in [1.54, 1.807) is 0 Å². The van der Waals surface area contributed by atoms with Gasteiger partial charge in [0.2, 0.25) is 5.91 Å². The number of nitrogens with zero attached hydrogens (tertiary/aromatic N) is 1. The number of carbonyl (C=O) groups is 1. The number of hydrogen-bond donors (Lipinski definition) is 2. The molecule has 3 N–H and O–H groups in total. The van der Waals surface area contributed by atoms with Crippen LogP contribution in [0.3, 0.4) is 0 Å². The molecule has 0 radical (unpaired) electrons. The molecular formula is C22H29N3O2. The first-order valence-electron chi connectivity index (χ1n) is 9.62. The summed E-state index contributed by atoms with van der Waals surface area (Å²) in [7, 11) is 0. The number of benzene rings is 2. The van der Waals surface area contributed by atoms with Crippen LogP contribution in [0.1, 0.15) is 30.1 Å². The topological polar surface area (TPSA) is 67.6 Å². The third kappa shape index (κ3) is 5.16. The van der Waals surface area contributed by atoms with Crippen LogP contribution in [0.5, 0.6) is 0 Å². The van der Waals surface area contributed by atoms with Gasteiger partial charge >= 0.3 is 0 Å². The molecule has 0 aliphatic carbocycles. The van der Waals surface area contributed by atoms with E-state index in [9.17, 15) is 4.79 Å². The van der Waals surface area contributed by atoms with Gasteiger partial charge in [-0.2, -0.15) is 0 Å². The number of ether oxygens (including phenoxy) is 1. The minimum absolute atomic E-state index is 0.0134. The van der Waals surface area contributed by atoms with Crippen LogP contribution in [-0.4, -0.2) is 43.7 Å². The average molecular weight is 367 g/mol. The van der Waals surface area contributed by atoms with Gasteiger partial charge in [0.25, 0.3) is 0 Å². The van der Waals surface area contributed by atoms with Gasteiger partial charge in [-0.25, -0.2) is 0 Å². The first kappa shape index (κ1) is 19.5. The van der Waals surface area contributed by atoms with Gasteiger partial charge in [0.05, 0.1) is 25.2 Å². The van der Waals surface area contributed by atoms with E-state index >= 15 is 0 Å². The Kier molecular flexibility index (Phi) is 6.98. The van der Waals surface area contributed by atoms with Crippen molar-refractivity contribution in [2.75, 3.05) is 32.8 Å².